The molecule has 12 nitrogen and oxygen atoms in total. The number of hydrogen-bond donors (Lipinski definition) is 4. The summed E-state index contributed by atoms with van der Waals surface area (Å²) in [6.45, 7) is 2.84. The van der Waals surface area contributed by atoms with Crippen LogP contribution < -0.4 is 16.0 Å². The second-order valence-corrected chi connectivity index (χ2v) is 13.1. The van der Waals surface area contributed by atoms with Crippen LogP contribution in [0.15, 0.2) is 48.8 Å². The molecular formula is C35H38N8O4. The van der Waals surface area contributed by atoms with Gasteiger partial charge in [-0.25, -0.2) is 4.98 Å². The first-order valence-corrected chi connectivity index (χ1v) is 16.3. The van der Waals surface area contributed by atoms with Gasteiger partial charge in [0.2, 0.25) is 11.8 Å². The predicted molar refractivity (Wildman–Crippen MR) is 177 cm³/mol. The topological polar surface area (TPSA) is 160 Å². The summed E-state index contributed by atoms with van der Waals surface area (Å²) in [4.78, 5) is 62.5. The van der Waals surface area contributed by atoms with Crippen molar-refractivity contribution in [3.63, 3.8) is 0 Å². The van der Waals surface area contributed by atoms with E-state index >= 15 is 0 Å². The van der Waals surface area contributed by atoms with Crippen molar-refractivity contribution in [3.8, 4) is 0 Å². The maximum absolute atomic E-state index is 13.1. The van der Waals surface area contributed by atoms with Crippen molar-refractivity contribution in [2.24, 2.45) is 5.92 Å². The SMILES string of the molecule is CN1CC(c2ccc3ncc(/C(C=N)=C/NC4CC(CCCNc5ccc6c(c5)C(=O)N(C5CCC(=O)NC5=O)C6=O)C4)nc3c2)C1. The Morgan fingerprint density at radius 3 is 2.62 bits per heavy atom. The molecule has 2 saturated heterocycles. The van der Waals surface area contributed by atoms with Gasteiger partial charge in [-0.2, -0.15) is 0 Å². The van der Waals surface area contributed by atoms with Crippen molar-refractivity contribution in [3.05, 3.63) is 71.2 Å². The minimum absolute atomic E-state index is 0.0932. The Kier molecular flexibility index (Phi) is 8.27. The molecule has 2 aromatic carbocycles. The summed E-state index contributed by atoms with van der Waals surface area (Å²) in [5.41, 5.74) is 5.68. The Balaban J connectivity index is 0.866. The van der Waals surface area contributed by atoms with Gasteiger partial charge in [-0.1, -0.05) is 6.07 Å². The number of imide groups is 2. The van der Waals surface area contributed by atoms with Gasteiger partial charge in [-0.3, -0.25) is 34.4 Å². The number of amides is 4. The van der Waals surface area contributed by atoms with Crippen LogP contribution in [0.2, 0.25) is 0 Å². The zero-order valence-electron chi connectivity index (χ0n) is 26.3. The van der Waals surface area contributed by atoms with Crippen molar-refractivity contribution < 1.29 is 19.2 Å². The van der Waals surface area contributed by atoms with E-state index in [-0.39, 0.29) is 24.0 Å². The van der Waals surface area contributed by atoms with E-state index in [9.17, 15) is 19.2 Å². The average molecular weight is 635 g/mol. The zero-order valence-corrected chi connectivity index (χ0v) is 26.3. The van der Waals surface area contributed by atoms with Crippen LogP contribution in [0.5, 0.6) is 0 Å². The Morgan fingerprint density at radius 2 is 1.85 bits per heavy atom. The Hall–Kier alpha value is -4.97. The fraction of sp³-hybridized carbons (Fsp3) is 0.400. The van der Waals surface area contributed by atoms with E-state index in [1.54, 1.807) is 24.4 Å². The van der Waals surface area contributed by atoms with Crippen LogP contribution in [0.1, 0.15) is 76.4 Å². The van der Waals surface area contributed by atoms with Crippen molar-refractivity contribution in [1.29, 1.82) is 5.41 Å². The third-order valence-corrected chi connectivity index (χ3v) is 9.82. The first kappa shape index (κ1) is 30.7. The number of aromatic nitrogens is 2. The van der Waals surface area contributed by atoms with Crippen LogP contribution in [-0.2, 0) is 9.59 Å². The molecule has 1 saturated carbocycles. The normalized spacial score (nSPS) is 23.3. The fourth-order valence-electron chi connectivity index (χ4n) is 7.04. The maximum atomic E-state index is 13.1. The number of carbonyl (C=O) groups excluding carboxylic acids is 4. The molecule has 1 atom stereocenters. The van der Waals surface area contributed by atoms with Gasteiger partial charge in [-0.15, -0.1) is 0 Å². The molecule has 0 radical (unpaired) electrons. The molecule has 4 amide bonds. The number of fused-ring (bicyclic) bond motifs is 2. The van der Waals surface area contributed by atoms with E-state index in [2.05, 4.69) is 45.0 Å². The molecule has 1 unspecified atom stereocenters. The molecule has 0 bridgehead atoms. The summed E-state index contributed by atoms with van der Waals surface area (Å²) in [6.07, 6.45) is 9.29. The lowest BCUT2D eigenvalue weighted by molar-refractivity contribution is -0.136. The monoisotopic (exact) mass is 634 g/mol. The maximum Gasteiger partial charge on any atom is 0.262 e. The van der Waals surface area contributed by atoms with Gasteiger partial charge in [0, 0.05) is 61.7 Å². The van der Waals surface area contributed by atoms with E-state index in [1.165, 1.54) is 11.8 Å². The Morgan fingerprint density at radius 1 is 1.04 bits per heavy atom. The molecule has 3 aromatic rings. The van der Waals surface area contributed by atoms with E-state index in [1.807, 2.05) is 12.3 Å². The fourth-order valence-corrected chi connectivity index (χ4v) is 7.04. The highest BCUT2D eigenvalue weighted by Gasteiger charge is 2.44. The van der Waals surface area contributed by atoms with Gasteiger partial charge in [0.15, 0.2) is 0 Å². The van der Waals surface area contributed by atoms with Gasteiger partial charge in [0.1, 0.15) is 6.04 Å². The van der Waals surface area contributed by atoms with Crippen molar-refractivity contribution >= 4 is 52.1 Å². The lowest BCUT2D eigenvalue weighted by Gasteiger charge is -2.36. The minimum Gasteiger partial charge on any atom is -0.388 e. The standard InChI is InChI=1S/C35H38N8O4/c1-42-18-23(19-42)21-4-7-28-29(13-21)40-30(17-39-28)22(15-36)16-38-25-11-20(12-25)3-2-10-37-24-5-6-26-27(14-24)35(47)43(34(26)46)31-8-9-32(44)41-33(31)45/h4-7,13-17,20,23,25,31,36-38H,2-3,8-12,18-19H2,1H3,(H,41,44,45)/b22-16+,36-15?. The molecule has 0 spiro atoms. The predicted octanol–water partition coefficient (Wildman–Crippen LogP) is 3.31. The van der Waals surface area contributed by atoms with Gasteiger partial charge in [0.05, 0.1) is 34.1 Å². The van der Waals surface area contributed by atoms with Crippen molar-refractivity contribution in [1.82, 2.24) is 30.4 Å². The third-order valence-electron chi connectivity index (χ3n) is 9.82. The number of piperidine rings is 1. The molecule has 7 rings (SSSR count). The second-order valence-electron chi connectivity index (χ2n) is 13.1. The molecule has 4 aliphatic rings. The quantitative estimate of drug-likeness (QED) is 0.141. The number of rotatable bonds is 11. The Labute approximate surface area is 272 Å². The summed E-state index contributed by atoms with van der Waals surface area (Å²) in [5.74, 6) is -0.868. The van der Waals surface area contributed by atoms with Crippen molar-refractivity contribution in [2.45, 2.75) is 56.5 Å². The third kappa shape index (κ3) is 6.12. The molecule has 4 N–H and O–H groups in total. The summed E-state index contributed by atoms with van der Waals surface area (Å²) in [5, 5.41) is 17.0. The van der Waals surface area contributed by atoms with E-state index < -0.39 is 29.7 Å². The molecule has 47 heavy (non-hydrogen) atoms. The molecule has 3 aliphatic heterocycles. The summed E-state index contributed by atoms with van der Waals surface area (Å²) in [6, 6.07) is 10.8. The number of carbonyl (C=O) groups is 4. The van der Waals surface area contributed by atoms with Crippen LogP contribution in [0, 0.1) is 11.3 Å². The minimum atomic E-state index is -0.968. The largest absolute Gasteiger partial charge is 0.388 e. The summed E-state index contributed by atoms with van der Waals surface area (Å²) in [7, 11) is 2.13. The number of anilines is 1. The number of allylic oxidation sites excluding steroid dienone is 1. The average Bonchev–Trinajstić information content (AvgIpc) is 3.27. The van der Waals surface area contributed by atoms with Crippen molar-refractivity contribution in [2.75, 3.05) is 32.0 Å². The highest BCUT2D eigenvalue weighted by Crippen LogP contribution is 2.33. The number of hydrogen-bond acceptors (Lipinski definition) is 10. The van der Waals surface area contributed by atoms with E-state index in [0.717, 1.165) is 66.9 Å². The number of benzene rings is 2. The van der Waals surface area contributed by atoms with E-state index in [4.69, 9.17) is 10.4 Å². The van der Waals surface area contributed by atoms with Gasteiger partial charge < -0.3 is 20.9 Å². The smallest absolute Gasteiger partial charge is 0.262 e. The molecule has 1 aliphatic carbocycles. The van der Waals surface area contributed by atoms with Crippen LogP contribution in [0.25, 0.3) is 16.6 Å². The highest BCUT2D eigenvalue weighted by atomic mass is 16.2. The first-order valence-electron chi connectivity index (χ1n) is 16.3. The molecule has 3 fully saturated rings. The number of nitrogens with zero attached hydrogens (tertiary/aromatic N) is 4. The Bertz CT molecular complexity index is 1810. The van der Waals surface area contributed by atoms with Crippen LogP contribution >= 0.6 is 0 Å². The van der Waals surface area contributed by atoms with Gasteiger partial charge in [0.25, 0.3) is 11.8 Å². The van der Waals surface area contributed by atoms with Gasteiger partial charge in [-0.05, 0) is 81.0 Å². The lowest BCUT2D eigenvalue weighted by atomic mass is 9.77. The molecular weight excluding hydrogens is 596 g/mol. The van der Waals surface area contributed by atoms with Gasteiger partial charge >= 0.3 is 0 Å². The summed E-state index contributed by atoms with van der Waals surface area (Å²) < 4.78 is 0. The van der Waals surface area contributed by atoms with Crippen LogP contribution in [0.4, 0.5) is 5.69 Å². The number of likely N-dealkylation sites (N-methyl/N-ethyl adjacent to an activating group) is 1. The molecule has 4 heterocycles. The molecule has 1 aromatic heterocycles. The first-order chi connectivity index (χ1) is 22.8. The molecule has 12 heteroatoms. The lowest BCUT2D eigenvalue weighted by Crippen LogP contribution is -2.54. The zero-order chi connectivity index (χ0) is 32.7. The summed E-state index contributed by atoms with van der Waals surface area (Å²) >= 11 is 0. The van der Waals surface area contributed by atoms with E-state index in [0.29, 0.717) is 29.1 Å². The van der Waals surface area contributed by atoms with Crippen LogP contribution in [0.3, 0.4) is 0 Å². The number of nitrogens with one attached hydrogen (secondary N) is 4. The molecule has 242 valence electrons. The number of likely N-dealkylation sites (tertiary alicyclic amines) is 1. The van der Waals surface area contributed by atoms with Crippen LogP contribution in [-0.4, -0.2) is 88.4 Å². The second kappa shape index (κ2) is 12.7. The highest BCUT2D eigenvalue weighted by molar-refractivity contribution is 6.23.